The summed E-state index contributed by atoms with van der Waals surface area (Å²) in [5.41, 5.74) is 0. The van der Waals surface area contributed by atoms with Gasteiger partial charge in [0.1, 0.15) is 0 Å². The van der Waals surface area contributed by atoms with E-state index in [-0.39, 0.29) is 0 Å². The van der Waals surface area contributed by atoms with Crippen LogP contribution in [0.4, 0.5) is 0 Å². The second-order valence-electron chi connectivity index (χ2n) is 2.15. The third-order valence-electron chi connectivity index (χ3n) is 1.07. The zero-order valence-corrected chi connectivity index (χ0v) is 9.24. The third-order valence-corrected chi connectivity index (χ3v) is 6.27. The van der Waals surface area contributed by atoms with Crippen LogP contribution in [0, 0.1) is 0 Å². The van der Waals surface area contributed by atoms with Gasteiger partial charge in [0.15, 0.2) is 0 Å². The van der Waals surface area contributed by atoms with Crippen LogP contribution in [0.25, 0.3) is 0 Å². The molecule has 0 aliphatic rings. The minimum Gasteiger partial charge on any atom is -0.310 e. The van der Waals surface area contributed by atoms with Gasteiger partial charge in [-0.3, -0.25) is 4.57 Å². The Kier molecular flexibility index (Phi) is 5.44. The molecule has 11 heavy (non-hydrogen) atoms. The van der Waals surface area contributed by atoms with E-state index in [1.165, 1.54) is 11.4 Å². The molecule has 0 aliphatic carbocycles. The molecule has 0 radical (unpaired) electrons. The van der Waals surface area contributed by atoms with Crippen molar-refractivity contribution in [3.8, 4) is 0 Å². The van der Waals surface area contributed by atoms with Crippen LogP contribution in [0.5, 0.6) is 0 Å². The molecular formula is C6H16NO2PS. The smallest absolute Gasteiger partial charge is 0.310 e. The van der Waals surface area contributed by atoms with E-state index in [0.717, 1.165) is 5.75 Å². The predicted molar refractivity (Wildman–Crippen MR) is 51.1 cm³/mol. The average molecular weight is 197 g/mol. The first kappa shape index (κ1) is 11.5. The van der Waals surface area contributed by atoms with E-state index in [2.05, 4.69) is 0 Å². The van der Waals surface area contributed by atoms with Crippen LogP contribution >= 0.6 is 18.1 Å². The summed E-state index contributed by atoms with van der Waals surface area (Å²) >= 11 is 1.37. The van der Waals surface area contributed by atoms with Gasteiger partial charge in [-0.2, -0.15) is 0 Å². The Balaban J connectivity index is 4.14. The van der Waals surface area contributed by atoms with Gasteiger partial charge >= 0.3 is 6.72 Å². The summed E-state index contributed by atoms with van der Waals surface area (Å²) in [7, 11) is 3.55. The highest BCUT2D eigenvalue weighted by Gasteiger charge is 2.25. The van der Waals surface area contributed by atoms with E-state index in [1.807, 2.05) is 13.8 Å². The van der Waals surface area contributed by atoms with Crippen LogP contribution in [0.3, 0.4) is 0 Å². The van der Waals surface area contributed by atoms with Crippen LogP contribution in [-0.4, -0.2) is 31.1 Å². The van der Waals surface area contributed by atoms with Crippen molar-refractivity contribution in [3.63, 3.8) is 0 Å². The fourth-order valence-corrected chi connectivity index (χ4v) is 4.00. The molecule has 0 aromatic rings. The molecular weight excluding hydrogens is 181 g/mol. The largest absolute Gasteiger partial charge is 0.328 e. The summed E-state index contributed by atoms with van der Waals surface area (Å²) in [6.45, 7) is 1.79. The minimum absolute atomic E-state index is 0.502. The lowest BCUT2D eigenvalue weighted by molar-refractivity contribution is 0.313. The van der Waals surface area contributed by atoms with Gasteiger partial charge < -0.3 is 4.52 Å². The molecule has 0 rings (SSSR count). The Morgan fingerprint density at radius 3 is 2.27 bits per heavy atom. The van der Waals surface area contributed by atoms with Crippen molar-refractivity contribution in [1.29, 1.82) is 0 Å². The van der Waals surface area contributed by atoms with Crippen molar-refractivity contribution in [2.24, 2.45) is 0 Å². The van der Waals surface area contributed by atoms with E-state index >= 15 is 0 Å². The van der Waals surface area contributed by atoms with Gasteiger partial charge in [0.2, 0.25) is 0 Å². The molecule has 0 fully saturated rings. The van der Waals surface area contributed by atoms with E-state index in [0.29, 0.717) is 6.61 Å². The number of nitrogens with zero attached hydrogens (tertiary/aromatic N) is 1. The Labute approximate surface area is 72.7 Å². The SMILES string of the molecule is CCOP(=O)(SCC)N(C)C. The summed E-state index contributed by atoms with van der Waals surface area (Å²) in [6.07, 6.45) is 0. The Morgan fingerprint density at radius 1 is 1.45 bits per heavy atom. The molecule has 68 valence electrons. The second kappa shape index (κ2) is 5.20. The minimum atomic E-state index is -2.54. The van der Waals surface area contributed by atoms with Gasteiger partial charge in [-0.25, -0.2) is 4.67 Å². The quantitative estimate of drug-likeness (QED) is 0.633. The van der Waals surface area contributed by atoms with Crippen LogP contribution in [0.2, 0.25) is 0 Å². The van der Waals surface area contributed by atoms with E-state index in [1.54, 1.807) is 18.8 Å². The fraction of sp³-hybridized carbons (Fsp3) is 1.00. The topological polar surface area (TPSA) is 29.5 Å². The van der Waals surface area contributed by atoms with Crippen LogP contribution in [-0.2, 0) is 9.09 Å². The third kappa shape index (κ3) is 3.61. The molecule has 0 aromatic carbocycles. The van der Waals surface area contributed by atoms with Gasteiger partial charge in [-0.05, 0) is 21.0 Å². The maximum Gasteiger partial charge on any atom is 0.328 e. The predicted octanol–water partition coefficient (Wildman–Crippen LogP) is 2.45. The van der Waals surface area contributed by atoms with E-state index in [4.69, 9.17) is 4.52 Å². The first-order chi connectivity index (χ1) is 5.06. The lowest BCUT2D eigenvalue weighted by atomic mass is 10.9. The van der Waals surface area contributed by atoms with Crippen LogP contribution < -0.4 is 0 Å². The van der Waals surface area contributed by atoms with Crippen molar-refractivity contribution < 1.29 is 9.09 Å². The van der Waals surface area contributed by atoms with Crippen LogP contribution in [0.15, 0.2) is 0 Å². The van der Waals surface area contributed by atoms with Gasteiger partial charge in [-0.1, -0.05) is 18.3 Å². The summed E-state index contributed by atoms with van der Waals surface area (Å²) in [4.78, 5) is 0. The highest BCUT2D eigenvalue weighted by molar-refractivity contribution is 8.55. The molecule has 0 aliphatic heterocycles. The zero-order chi connectivity index (χ0) is 8.91. The highest BCUT2D eigenvalue weighted by atomic mass is 32.7. The molecule has 1 unspecified atom stereocenters. The average Bonchev–Trinajstić information content (AvgIpc) is 1.88. The maximum atomic E-state index is 11.8. The Bertz CT molecular complexity index is 142. The summed E-state index contributed by atoms with van der Waals surface area (Å²) < 4.78 is 18.6. The first-order valence-corrected chi connectivity index (χ1v) is 6.80. The van der Waals surface area contributed by atoms with Gasteiger partial charge in [0.05, 0.1) is 6.61 Å². The fourth-order valence-electron chi connectivity index (χ4n) is 0.594. The molecule has 0 amide bonds. The summed E-state index contributed by atoms with van der Waals surface area (Å²) in [5, 5.41) is 0. The monoisotopic (exact) mass is 197 g/mol. The van der Waals surface area contributed by atoms with Gasteiger partial charge in [-0.15, -0.1) is 0 Å². The molecule has 0 N–H and O–H groups in total. The molecule has 0 saturated carbocycles. The lowest BCUT2D eigenvalue weighted by Gasteiger charge is -2.22. The number of hydrogen-bond acceptors (Lipinski definition) is 3. The van der Waals surface area contributed by atoms with Gasteiger partial charge in [0, 0.05) is 5.75 Å². The number of hydrogen-bond donors (Lipinski definition) is 0. The number of rotatable bonds is 5. The summed E-state index contributed by atoms with van der Waals surface area (Å²) in [5.74, 6) is 0.815. The Morgan fingerprint density at radius 2 is 2.00 bits per heavy atom. The molecule has 0 heterocycles. The first-order valence-electron chi connectivity index (χ1n) is 3.63. The highest BCUT2D eigenvalue weighted by Crippen LogP contribution is 2.60. The molecule has 3 nitrogen and oxygen atoms in total. The van der Waals surface area contributed by atoms with Crippen molar-refractivity contribution in [2.75, 3.05) is 26.5 Å². The van der Waals surface area contributed by atoms with Crippen molar-refractivity contribution in [2.45, 2.75) is 13.8 Å². The maximum absolute atomic E-state index is 11.8. The molecule has 0 spiro atoms. The van der Waals surface area contributed by atoms with Crippen molar-refractivity contribution >= 4 is 18.1 Å². The van der Waals surface area contributed by atoms with E-state index < -0.39 is 6.72 Å². The lowest BCUT2D eigenvalue weighted by Crippen LogP contribution is -2.08. The van der Waals surface area contributed by atoms with Crippen LogP contribution in [0.1, 0.15) is 13.8 Å². The van der Waals surface area contributed by atoms with Crippen molar-refractivity contribution in [3.05, 3.63) is 0 Å². The zero-order valence-electron chi connectivity index (χ0n) is 7.53. The summed E-state index contributed by atoms with van der Waals surface area (Å²) in [6, 6.07) is 0. The molecule has 0 bridgehead atoms. The Hall–Kier alpha value is 0.500. The molecule has 0 saturated heterocycles. The normalized spacial score (nSPS) is 16.8. The van der Waals surface area contributed by atoms with E-state index in [9.17, 15) is 4.57 Å². The van der Waals surface area contributed by atoms with Gasteiger partial charge in [0.25, 0.3) is 0 Å². The second-order valence-corrected chi connectivity index (χ2v) is 7.14. The molecule has 0 aromatic heterocycles. The van der Waals surface area contributed by atoms with Crippen molar-refractivity contribution in [1.82, 2.24) is 4.67 Å². The standard InChI is InChI=1S/C6H16NO2PS/c1-5-9-10(8,7(3)4)11-6-2/h5-6H2,1-4H3. The molecule has 5 heteroatoms. The molecule has 1 atom stereocenters.